The van der Waals surface area contributed by atoms with Crippen LogP contribution in [0.1, 0.15) is 11.1 Å². The maximum Gasteiger partial charge on any atom is 0.331 e. The fourth-order valence-electron chi connectivity index (χ4n) is 5.47. The van der Waals surface area contributed by atoms with E-state index >= 15 is 0 Å². The Balaban J connectivity index is 0.956. The van der Waals surface area contributed by atoms with Gasteiger partial charge in [-0.3, -0.25) is 19.6 Å². The molecule has 4 heterocycles. The summed E-state index contributed by atoms with van der Waals surface area (Å²) in [6, 6.07) is 19.4. The lowest BCUT2D eigenvalue weighted by Crippen LogP contribution is -2.23. The van der Waals surface area contributed by atoms with E-state index in [1.807, 2.05) is 36.4 Å². The molecule has 0 bridgehead atoms. The van der Waals surface area contributed by atoms with Crippen LogP contribution in [0.3, 0.4) is 0 Å². The number of rotatable bonds is 10. The van der Waals surface area contributed by atoms with E-state index in [2.05, 4.69) is 42.5 Å². The number of benzene rings is 2. The van der Waals surface area contributed by atoms with Crippen molar-refractivity contribution in [2.24, 2.45) is 0 Å². The van der Waals surface area contributed by atoms with Crippen molar-refractivity contribution in [3.8, 4) is 0 Å². The van der Waals surface area contributed by atoms with E-state index in [1.165, 1.54) is 11.1 Å². The van der Waals surface area contributed by atoms with Crippen LogP contribution in [0.2, 0.25) is 0 Å². The first kappa shape index (κ1) is 30.0. The third-order valence-corrected chi connectivity index (χ3v) is 7.55. The van der Waals surface area contributed by atoms with Gasteiger partial charge in [0.2, 0.25) is 0 Å². The third kappa shape index (κ3) is 6.86. The zero-order valence-electron chi connectivity index (χ0n) is 24.7. The molecule has 2 N–H and O–H groups in total. The molecule has 0 saturated carbocycles. The van der Waals surface area contributed by atoms with Crippen molar-refractivity contribution in [2.45, 2.75) is 12.8 Å². The molecule has 232 valence electrons. The number of carbonyl (C=O) groups is 4. The Kier molecular flexibility index (Phi) is 8.95. The molecule has 4 aromatic rings. The molecular weight excluding hydrogens is 588 g/mol. The quantitative estimate of drug-likeness (QED) is 0.197. The molecule has 0 atom stereocenters. The SMILES string of the molecule is O=C(COC(=O)/C=C\C(=O)OCC(=O)Nc1ccncc1N1CCc2ccccc21)Nc1ccncc1N1CCc2ccccc21. The molecule has 0 unspecified atom stereocenters. The maximum atomic E-state index is 12.6. The second kappa shape index (κ2) is 13.7. The summed E-state index contributed by atoms with van der Waals surface area (Å²) in [5.41, 5.74) is 6.99. The molecule has 0 spiro atoms. The number of nitrogens with one attached hydrogen (secondary N) is 2. The van der Waals surface area contributed by atoms with E-state index < -0.39 is 37.0 Å². The molecule has 2 aliphatic rings. The largest absolute Gasteiger partial charge is 0.452 e. The lowest BCUT2D eigenvalue weighted by atomic mass is 10.2. The minimum Gasteiger partial charge on any atom is -0.452 e. The lowest BCUT2D eigenvalue weighted by molar-refractivity contribution is -0.144. The zero-order valence-corrected chi connectivity index (χ0v) is 24.7. The van der Waals surface area contributed by atoms with Gasteiger partial charge in [-0.15, -0.1) is 0 Å². The summed E-state index contributed by atoms with van der Waals surface area (Å²) in [6.07, 6.45) is 9.86. The number of para-hydroxylation sites is 2. The highest BCUT2D eigenvalue weighted by Gasteiger charge is 2.24. The molecule has 2 amide bonds. The summed E-state index contributed by atoms with van der Waals surface area (Å²) < 4.78 is 9.95. The lowest BCUT2D eigenvalue weighted by Gasteiger charge is -2.22. The average molecular weight is 619 g/mol. The van der Waals surface area contributed by atoms with Crippen molar-refractivity contribution < 1.29 is 28.7 Å². The van der Waals surface area contributed by atoms with E-state index in [9.17, 15) is 19.2 Å². The van der Waals surface area contributed by atoms with Crippen molar-refractivity contribution in [3.63, 3.8) is 0 Å². The van der Waals surface area contributed by atoms with Gasteiger partial charge in [-0.2, -0.15) is 0 Å². The van der Waals surface area contributed by atoms with Gasteiger partial charge in [0.1, 0.15) is 0 Å². The zero-order chi connectivity index (χ0) is 31.9. The third-order valence-electron chi connectivity index (χ3n) is 7.55. The van der Waals surface area contributed by atoms with E-state index in [1.54, 1.807) is 36.9 Å². The van der Waals surface area contributed by atoms with Crippen LogP contribution in [-0.2, 0) is 41.5 Å². The monoisotopic (exact) mass is 618 g/mol. The highest BCUT2D eigenvalue weighted by Crippen LogP contribution is 2.38. The second-order valence-electron chi connectivity index (χ2n) is 10.5. The highest BCUT2D eigenvalue weighted by atomic mass is 16.5. The van der Waals surface area contributed by atoms with Gasteiger partial charge >= 0.3 is 11.9 Å². The smallest absolute Gasteiger partial charge is 0.331 e. The number of carbonyl (C=O) groups excluding carboxylic acids is 4. The Morgan fingerprint density at radius 3 is 1.52 bits per heavy atom. The van der Waals surface area contributed by atoms with Crippen LogP contribution < -0.4 is 20.4 Å². The van der Waals surface area contributed by atoms with Crippen LogP contribution >= 0.6 is 0 Å². The van der Waals surface area contributed by atoms with Crippen LogP contribution in [0, 0.1) is 0 Å². The first-order valence-electron chi connectivity index (χ1n) is 14.7. The minimum absolute atomic E-state index is 0.522. The van der Waals surface area contributed by atoms with Gasteiger partial charge < -0.3 is 29.9 Å². The van der Waals surface area contributed by atoms with Crippen LogP contribution in [0.25, 0.3) is 0 Å². The molecule has 12 heteroatoms. The molecule has 12 nitrogen and oxygen atoms in total. The van der Waals surface area contributed by atoms with Crippen molar-refractivity contribution in [2.75, 3.05) is 46.7 Å². The summed E-state index contributed by atoms with van der Waals surface area (Å²) in [6.45, 7) is 0.331. The number of ether oxygens (including phenoxy) is 2. The van der Waals surface area contributed by atoms with E-state index in [0.29, 0.717) is 11.4 Å². The fraction of sp³-hybridized carbons (Fsp3) is 0.176. The molecular formula is C34H30N6O6. The molecule has 0 saturated heterocycles. The first-order valence-corrected chi connectivity index (χ1v) is 14.7. The van der Waals surface area contributed by atoms with Gasteiger partial charge in [0, 0.05) is 49.0 Å². The molecule has 0 radical (unpaired) electrons. The van der Waals surface area contributed by atoms with E-state index in [4.69, 9.17) is 9.47 Å². The van der Waals surface area contributed by atoms with Gasteiger partial charge in [0.25, 0.3) is 11.8 Å². The number of hydrogen-bond acceptors (Lipinski definition) is 10. The standard InChI is InChI=1S/C34H30N6O6/c41-31(37-25-11-15-35-19-29(25)39-17-13-23-5-1-3-7-27(23)39)21-45-33(43)9-10-34(44)46-22-32(42)38-26-12-16-36-20-30(26)40-18-14-24-6-2-4-8-28(24)40/h1-12,15-16,19-20H,13-14,17-18,21-22H2,(H,35,37,41)(H,36,38,42)/b10-9-. The fourth-order valence-corrected chi connectivity index (χ4v) is 5.47. The van der Waals surface area contributed by atoms with Gasteiger partial charge in [-0.05, 0) is 48.2 Å². The van der Waals surface area contributed by atoms with Crippen molar-refractivity contribution >= 4 is 57.9 Å². The minimum atomic E-state index is -0.924. The van der Waals surface area contributed by atoms with Crippen LogP contribution in [0.15, 0.2) is 97.6 Å². The van der Waals surface area contributed by atoms with Gasteiger partial charge in [0.15, 0.2) is 13.2 Å². The maximum absolute atomic E-state index is 12.6. The number of anilines is 6. The summed E-state index contributed by atoms with van der Waals surface area (Å²) in [5, 5.41) is 5.51. The Morgan fingerprint density at radius 1 is 0.630 bits per heavy atom. The average Bonchev–Trinajstić information content (AvgIpc) is 3.71. The Labute approximate surface area is 264 Å². The van der Waals surface area contributed by atoms with Crippen LogP contribution in [0.4, 0.5) is 34.1 Å². The Morgan fingerprint density at radius 2 is 1.07 bits per heavy atom. The predicted octanol–water partition coefficient (Wildman–Crippen LogP) is 4.08. The van der Waals surface area contributed by atoms with Crippen LogP contribution in [-0.4, -0.2) is 60.0 Å². The van der Waals surface area contributed by atoms with Gasteiger partial charge in [0.05, 0.1) is 35.1 Å². The van der Waals surface area contributed by atoms with E-state index in [-0.39, 0.29) is 0 Å². The molecule has 0 aliphatic carbocycles. The number of fused-ring (bicyclic) bond motifs is 2. The number of amides is 2. The van der Waals surface area contributed by atoms with E-state index in [0.717, 1.165) is 60.8 Å². The molecule has 2 aromatic carbocycles. The Bertz CT molecular complexity index is 1690. The molecule has 2 aliphatic heterocycles. The number of nitrogens with zero attached hydrogens (tertiary/aromatic N) is 4. The number of esters is 2. The summed E-state index contributed by atoms with van der Waals surface area (Å²) in [7, 11) is 0. The van der Waals surface area contributed by atoms with Crippen molar-refractivity contribution in [3.05, 3.63) is 109 Å². The van der Waals surface area contributed by atoms with Gasteiger partial charge in [-0.25, -0.2) is 9.59 Å². The number of pyridine rings is 2. The summed E-state index contributed by atoms with van der Waals surface area (Å²) >= 11 is 0. The summed E-state index contributed by atoms with van der Waals surface area (Å²) in [5.74, 6) is -2.97. The summed E-state index contributed by atoms with van der Waals surface area (Å²) in [4.78, 5) is 62.0. The van der Waals surface area contributed by atoms with Gasteiger partial charge in [-0.1, -0.05) is 36.4 Å². The second-order valence-corrected chi connectivity index (χ2v) is 10.5. The molecule has 2 aromatic heterocycles. The van der Waals surface area contributed by atoms with Crippen molar-refractivity contribution in [1.29, 1.82) is 0 Å². The normalized spacial score (nSPS) is 13.2. The Hall–Kier alpha value is -6.04. The molecule has 6 rings (SSSR count). The molecule has 0 fully saturated rings. The topological polar surface area (TPSA) is 143 Å². The van der Waals surface area contributed by atoms with Crippen LogP contribution in [0.5, 0.6) is 0 Å². The highest BCUT2D eigenvalue weighted by molar-refractivity contribution is 5.99. The van der Waals surface area contributed by atoms with Crippen molar-refractivity contribution in [1.82, 2.24) is 9.97 Å². The number of hydrogen-bond donors (Lipinski definition) is 2. The predicted molar refractivity (Wildman–Crippen MR) is 171 cm³/mol. The first-order chi connectivity index (χ1) is 22.5. The molecule has 46 heavy (non-hydrogen) atoms. The number of aromatic nitrogens is 2.